The third-order valence-corrected chi connectivity index (χ3v) is 2.95. The second-order valence-electron chi connectivity index (χ2n) is 5.16. The van der Waals surface area contributed by atoms with Gasteiger partial charge in [-0.2, -0.15) is 0 Å². The topological polar surface area (TPSA) is 68.0 Å². The van der Waals surface area contributed by atoms with E-state index in [0.717, 1.165) is 10.3 Å². The molecule has 0 bridgehead atoms. The van der Waals surface area contributed by atoms with Crippen molar-refractivity contribution >= 4 is 33.1 Å². The van der Waals surface area contributed by atoms with Gasteiger partial charge in [0.2, 0.25) is 0 Å². The molecule has 0 aromatic carbocycles. The number of hydrogen-bond acceptors (Lipinski definition) is 3. The quantitative estimate of drug-likeness (QED) is 0.925. The van der Waals surface area contributed by atoms with E-state index in [1.165, 1.54) is 0 Å². The van der Waals surface area contributed by atoms with Gasteiger partial charge in [0.05, 0.1) is 0 Å². The monoisotopic (exact) mass is 311 g/mol. The van der Waals surface area contributed by atoms with Crippen LogP contribution in [0.1, 0.15) is 26.6 Å². The third kappa shape index (κ3) is 2.38. The number of carbonyl (C=O) groups is 1. The second kappa shape index (κ2) is 4.35. The summed E-state index contributed by atoms with van der Waals surface area (Å²) in [6.07, 6.45) is 1.65. The first-order valence-corrected chi connectivity index (χ1v) is 6.32. The molecule has 0 aliphatic carbocycles. The van der Waals surface area contributed by atoms with Gasteiger partial charge >= 0.3 is 5.97 Å². The lowest BCUT2D eigenvalue weighted by atomic mass is 9.96. The van der Waals surface area contributed by atoms with Gasteiger partial charge in [-0.05, 0) is 22.0 Å². The van der Waals surface area contributed by atoms with E-state index in [-0.39, 0.29) is 12.0 Å². The second-order valence-corrected chi connectivity index (χ2v) is 6.08. The lowest BCUT2D eigenvalue weighted by molar-refractivity contribution is -0.137. The number of carboxylic acid groups (broad SMARTS) is 1. The molecule has 6 heteroatoms. The Morgan fingerprint density at radius 1 is 1.50 bits per heavy atom. The lowest BCUT2D eigenvalue weighted by Gasteiger charge is -2.18. The number of halogens is 1. The van der Waals surface area contributed by atoms with Gasteiger partial charge in [-0.25, -0.2) is 9.97 Å². The standard InChI is InChI=1S/C12H14BrN3O2/c1-12(2,3)11-15-8-4-7(13)5-14-10(8)16(11)6-9(17)18/h4-5H,6H2,1-3H3,(H,17,18). The molecule has 0 aliphatic rings. The van der Waals surface area contributed by atoms with Crippen LogP contribution in [0.4, 0.5) is 0 Å². The SMILES string of the molecule is CC(C)(C)c1nc2cc(Br)cnc2n1CC(=O)O. The Balaban J connectivity index is 2.72. The minimum absolute atomic E-state index is 0.127. The summed E-state index contributed by atoms with van der Waals surface area (Å²) in [5.74, 6) is -0.171. The van der Waals surface area contributed by atoms with Gasteiger partial charge < -0.3 is 9.67 Å². The van der Waals surface area contributed by atoms with E-state index in [1.807, 2.05) is 26.8 Å². The van der Waals surface area contributed by atoms with E-state index in [0.29, 0.717) is 11.2 Å². The fourth-order valence-electron chi connectivity index (χ4n) is 1.84. The van der Waals surface area contributed by atoms with Gasteiger partial charge in [0.25, 0.3) is 0 Å². The van der Waals surface area contributed by atoms with E-state index in [2.05, 4.69) is 25.9 Å². The minimum Gasteiger partial charge on any atom is -0.480 e. The van der Waals surface area contributed by atoms with Crippen molar-refractivity contribution in [3.8, 4) is 0 Å². The third-order valence-electron chi connectivity index (χ3n) is 2.52. The van der Waals surface area contributed by atoms with Crippen molar-refractivity contribution in [2.24, 2.45) is 0 Å². The van der Waals surface area contributed by atoms with Crippen LogP contribution in [0.5, 0.6) is 0 Å². The van der Waals surface area contributed by atoms with Crippen molar-refractivity contribution in [2.45, 2.75) is 32.7 Å². The zero-order valence-corrected chi connectivity index (χ0v) is 12.0. The zero-order chi connectivity index (χ0) is 13.5. The molecule has 0 radical (unpaired) electrons. The van der Waals surface area contributed by atoms with Gasteiger partial charge in [0, 0.05) is 16.1 Å². The summed E-state index contributed by atoms with van der Waals surface area (Å²) in [4.78, 5) is 19.7. The number of fused-ring (bicyclic) bond motifs is 1. The van der Waals surface area contributed by atoms with Crippen molar-refractivity contribution in [1.82, 2.24) is 14.5 Å². The Hall–Kier alpha value is -1.43. The molecule has 2 aromatic heterocycles. The molecule has 0 saturated heterocycles. The average Bonchev–Trinajstić information content (AvgIpc) is 2.55. The van der Waals surface area contributed by atoms with Crippen molar-refractivity contribution in [3.05, 3.63) is 22.6 Å². The zero-order valence-electron chi connectivity index (χ0n) is 10.4. The highest BCUT2D eigenvalue weighted by molar-refractivity contribution is 9.10. The molecule has 2 rings (SSSR count). The normalized spacial score (nSPS) is 12.0. The molecule has 0 atom stereocenters. The first-order valence-electron chi connectivity index (χ1n) is 5.53. The molecule has 1 N–H and O–H groups in total. The molecule has 5 nitrogen and oxygen atoms in total. The number of rotatable bonds is 2. The summed E-state index contributed by atoms with van der Waals surface area (Å²) < 4.78 is 2.49. The Labute approximate surface area is 113 Å². The highest BCUT2D eigenvalue weighted by atomic mass is 79.9. The fraction of sp³-hybridized carbons (Fsp3) is 0.417. The molecule has 18 heavy (non-hydrogen) atoms. The molecule has 2 heterocycles. The molecule has 96 valence electrons. The maximum absolute atomic E-state index is 11.0. The Bertz CT molecular complexity index is 614. The molecule has 2 aromatic rings. The summed E-state index contributed by atoms with van der Waals surface area (Å²) >= 11 is 3.34. The van der Waals surface area contributed by atoms with E-state index in [1.54, 1.807) is 10.8 Å². The average molecular weight is 312 g/mol. The van der Waals surface area contributed by atoms with Crippen LogP contribution in [-0.2, 0) is 16.8 Å². The summed E-state index contributed by atoms with van der Waals surface area (Å²) in [5.41, 5.74) is 1.07. The van der Waals surface area contributed by atoms with Gasteiger partial charge in [0.15, 0.2) is 5.65 Å². The van der Waals surface area contributed by atoms with Crippen LogP contribution in [-0.4, -0.2) is 25.6 Å². The number of nitrogens with zero attached hydrogens (tertiary/aromatic N) is 3. The van der Waals surface area contributed by atoms with Gasteiger partial charge in [-0.1, -0.05) is 20.8 Å². The van der Waals surface area contributed by atoms with Gasteiger partial charge in [0.1, 0.15) is 17.9 Å². The van der Waals surface area contributed by atoms with Crippen LogP contribution in [0.25, 0.3) is 11.2 Å². The molecule has 0 spiro atoms. The number of aliphatic carboxylic acids is 1. The van der Waals surface area contributed by atoms with E-state index in [4.69, 9.17) is 5.11 Å². The number of carboxylic acids is 1. The van der Waals surface area contributed by atoms with Crippen molar-refractivity contribution in [2.75, 3.05) is 0 Å². The predicted molar refractivity (Wildman–Crippen MR) is 71.6 cm³/mol. The smallest absolute Gasteiger partial charge is 0.323 e. The summed E-state index contributed by atoms with van der Waals surface area (Å²) in [5, 5.41) is 9.00. The van der Waals surface area contributed by atoms with Crippen LogP contribution in [0.2, 0.25) is 0 Å². The van der Waals surface area contributed by atoms with Crippen molar-refractivity contribution in [3.63, 3.8) is 0 Å². The maximum atomic E-state index is 11.0. The molecule has 0 amide bonds. The molecule has 0 fully saturated rings. The first-order chi connectivity index (χ1) is 8.29. The van der Waals surface area contributed by atoms with Gasteiger partial charge in [-0.15, -0.1) is 0 Å². The molecule has 0 saturated carbocycles. The van der Waals surface area contributed by atoms with Crippen molar-refractivity contribution in [1.29, 1.82) is 0 Å². The van der Waals surface area contributed by atoms with Crippen LogP contribution in [0.3, 0.4) is 0 Å². The van der Waals surface area contributed by atoms with E-state index >= 15 is 0 Å². The van der Waals surface area contributed by atoms with Gasteiger partial charge in [-0.3, -0.25) is 4.79 Å². The predicted octanol–water partition coefficient (Wildman–Crippen LogP) is 2.58. The number of pyridine rings is 1. The molecular formula is C12H14BrN3O2. The summed E-state index contributed by atoms with van der Waals surface area (Å²) in [6.45, 7) is 5.88. The van der Waals surface area contributed by atoms with E-state index < -0.39 is 5.97 Å². The largest absolute Gasteiger partial charge is 0.480 e. The maximum Gasteiger partial charge on any atom is 0.323 e. The van der Waals surface area contributed by atoms with Crippen LogP contribution < -0.4 is 0 Å². The fourth-order valence-corrected chi connectivity index (χ4v) is 2.16. The number of aromatic nitrogens is 3. The van der Waals surface area contributed by atoms with Crippen LogP contribution >= 0.6 is 15.9 Å². The summed E-state index contributed by atoms with van der Waals surface area (Å²) in [6, 6.07) is 1.84. The Morgan fingerprint density at radius 2 is 2.17 bits per heavy atom. The highest BCUT2D eigenvalue weighted by Crippen LogP contribution is 2.26. The Kier molecular flexibility index (Phi) is 3.14. The molecular weight excluding hydrogens is 298 g/mol. The summed E-state index contributed by atoms with van der Waals surface area (Å²) in [7, 11) is 0. The first kappa shape index (κ1) is 13.0. The Morgan fingerprint density at radius 3 is 2.72 bits per heavy atom. The van der Waals surface area contributed by atoms with Crippen molar-refractivity contribution < 1.29 is 9.90 Å². The molecule has 0 unspecified atom stereocenters. The van der Waals surface area contributed by atoms with E-state index in [9.17, 15) is 4.79 Å². The number of imidazole rings is 1. The highest BCUT2D eigenvalue weighted by Gasteiger charge is 2.24. The minimum atomic E-state index is -0.899. The molecule has 0 aliphatic heterocycles. The lowest BCUT2D eigenvalue weighted by Crippen LogP contribution is -2.21. The van der Waals surface area contributed by atoms with Crippen LogP contribution in [0.15, 0.2) is 16.7 Å². The number of hydrogen-bond donors (Lipinski definition) is 1. The van der Waals surface area contributed by atoms with Crippen LogP contribution in [0, 0.1) is 0 Å².